The molecule has 1 atom stereocenters. The van der Waals surface area contributed by atoms with Gasteiger partial charge in [-0.1, -0.05) is 0 Å². The summed E-state index contributed by atoms with van der Waals surface area (Å²) in [4.78, 5) is 7.66. The molecule has 60 valence electrons. The summed E-state index contributed by atoms with van der Waals surface area (Å²) in [5.41, 5.74) is 0.882. The highest BCUT2D eigenvalue weighted by molar-refractivity contribution is 5.11. The average molecular weight is 156 g/mol. The highest BCUT2D eigenvalue weighted by Crippen LogP contribution is 2.11. The lowest BCUT2D eigenvalue weighted by atomic mass is 10.2. The van der Waals surface area contributed by atoms with Gasteiger partial charge in [-0.15, -0.1) is 0 Å². The molecular weight excluding hydrogens is 147 g/mol. The quantitative estimate of drug-likeness (QED) is 0.688. The minimum atomic E-state index is -1.14. The summed E-state index contributed by atoms with van der Waals surface area (Å²) in [7, 11) is 0. The van der Waals surface area contributed by atoms with Crippen molar-refractivity contribution in [1.82, 2.24) is 9.97 Å². The van der Waals surface area contributed by atoms with Gasteiger partial charge in [0, 0.05) is 12.4 Å². The van der Waals surface area contributed by atoms with Crippen LogP contribution in [0.3, 0.4) is 0 Å². The van der Waals surface area contributed by atoms with Gasteiger partial charge in [0.2, 0.25) is 0 Å². The first-order valence-electron chi connectivity index (χ1n) is 3.27. The highest BCUT2D eigenvalue weighted by Gasteiger charge is 2.10. The van der Waals surface area contributed by atoms with E-state index in [1.807, 2.05) is 0 Å². The van der Waals surface area contributed by atoms with Gasteiger partial charge in [0.15, 0.2) is 0 Å². The van der Waals surface area contributed by atoms with Crippen molar-refractivity contribution in [1.29, 1.82) is 0 Å². The minimum absolute atomic E-state index is 0.315. The van der Waals surface area contributed by atoms with E-state index in [-0.39, 0.29) is 0 Å². The molecule has 3 nitrogen and oxygen atoms in total. The number of rotatable bonds is 2. The Labute approximate surface area is 63.9 Å². The van der Waals surface area contributed by atoms with Crippen LogP contribution in [0.2, 0.25) is 0 Å². The van der Waals surface area contributed by atoms with Crippen LogP contribution in [0.5, 0.6) is 0 Å². The Balaban J connectivity index is 2.93. The van der Waals surface area contributed by atoms with Crippen LogP contribution in [0.1, 0.15) is 17.5 Å². The maximum Gasteiger partial charge on any atom is 0.126 e. The number of aliphatic hydroxyl groups excluding tert-OH is 1. The molecule has 1 aromatic rings. The summed E-state index contributed by atoms with van der Waals surface area (Å²) in [6.45, 7) is 0.862. The van der Waals surface area contributed by atoms with E-state index in [2.05, 4.69) is 9.97 Å². The minimum Gasteiger partial charge on any atom is -0.384 e. The Hall–Kier alpha value is -1.03. The number of hydrogen-bond acceptors (Lipinski definition) is 3. The molecule has 0 fully saturated rings. The summed E-state index contributed by atoms with van der Waals surface area (Å²) in [6.07, 6.45) is 1.80. The van der Waals surface area contributed by atoms with Crippen molar-refractivity contribution in [2.45, 2.75) is 13.0 Å². The third-order valence-corrected chi connectivity index (χ3v) is 1.38. The summed E-state index contributed by atoms with van der Waals surface area (Å²) in [5, 5.41) is 9.03. The Morgan fingerprint density at radius 1 is 1.55 bits per heavy atom. The third-order valence-electron chi connectivity index (χ3n) is 1.38. The monoisotopic (exact) mass is 156 g/mol. The molecule has 0 saturated carbocycles. The van der Waals surface area contributed by atoms with E-state index < -0.39 is 12.8 Å². The molecule has 0 saturated heterocycles. The summed E-state index contributed by atoms with van der Waals surface area (Å²) in [6, 6.07) is 0. The molecule has 1 heterocycles. The fraction of sp³-hybridized carbons (Fsp3) is 0.429. The second-order valence-electron chi connectivity index (χ2n) is 2.20. The standard InChI is InChI=1S/C7H9FN2O/c1-5-7(6(11)4-8)10-3-2-9-5/h2-3,6,11H,4H2,1H3. The van der Waals surface area contributed by atoms with Gasteiger partial charge in [-0.2, -0.15) is 0 Å². The van der Waals surface area contributed by atoms with Crippen LogP contribution in [0.4, 0.5) is 4.39 Å². The molecule has 0 aliphatic heterocycles. The second kappa shape index (κ2) is 3.39. The number of aromatic nitrogens is 2. The number of hydrogen-bond donors (Lipinski definition) is 1. The number of alkyl halides is 1. The van der Waals surface area contributed by atoms with Crippen LogP contribution < -0.4 is 0 Å². The number of halogens is 1. The zero-order valence-corrected chi connectivity index (χ0v) is 6.16. The fourth-order valence-corrected chi connectivity index (χ4v) is 0.819. The Morgan fingerprint density at radius 3 is 2.73 bits per heavy atom. The smallest absolute Gasteiger partial charge is 0.126 e. The van der Waals surface area contributed by atoms with Crippen molar-refractivity contribution in [2.75, 3.05) is 6.67 Å². The first-order chi connectivity index (χ1) is 5.25. The SMILES string of the molecule is Cc1nccnc1C(O)CF. The predicted molar refractivity (Wildman–Crippen MR) is 37.7 cm³/mol. The zero-order chi connectivity index (χ0) is 8.27. The van der Waals surface area contributed by atoms with Crippen LogP contribution in [0.25, 0.3) is 0 Å². The van der Waals surface area contributed by atoms with Crippen molar-refractivity contribution in [3.63, 3.8) is 0 Å². The van der Waals surface area contributed by atoms with E-state index in [0.29, 0.717) is 11.4 Å². The van der Waals surface area contributed by atoms with Gasteiger partial charge < -0.3 is 5.11 Å². The molecule has 1 N–H and O–H groups in total. The van der Waals surface area contributed by atoms with E-state index in [4.69, 9.17) is 5.11 Å². The maximum atomic E-state index is 11.9. The number of aliphatic hydroxyl groups is 1. The molecule has 0 bridgehead atoms. The Bertz CT molecular complexity index is 242. The molecule has 0 amide bonds. The lowest BCUT2D eigenvalue weighted by Crippen LogP contribution is -2.05. The van der Waals surface area contributed by atoms with E-state index in [1.165, 1.54) is 12.4 Å². The van der Waals surface area contributed by atoms with Gasteiger partial charge in [0.25, 0.3) is 0 Å². The van der Waals surface area contributed by atoms with Crippen molar-refractivity contribution < 1.29 is 9.50 Å². The predicted octanol–water partition coefficient (Wildman–Crippen LogP) is 0.788. The summed E-state index contributed by atoms with van der Waals surface area (Å²) < 4.78 is 11.9. The van der Waals surface area contributed by atoms with E-state index >= 15 is 0 Å². The first kappa shape index (κ1) is 8.07. The zero-order valence-electron chi connectivity index (χ0n) is 6.16. The van der Waals surface area contributed by atoms with Gasteiger partial charge in [0.05, 0.1) is 11.4 Å². The van der Waals surface area contributed by atoms with Crippen molar-refractivity contribution >= 4 is 0 Å². The lowest BCUT2D eigenvalue weighted by Gasteiger charge is -2.06. The topological polar surface area (TPSA) is 46.0 Å². The van der Waals surface area contributed by atoms with Gasteiger partial charge in [0.1, 0.15) is 12.8 Å². The molecular formula is C7H9FN2O. The molecule has 0 aromatic carbocycles. The van der Waals surface area contributed by atoms with E-state index in [0.717, 1.165) is 0 Å². The molecule has 0 aliphatic rings. The van der Waals surface area contributed by atoms with Crippen molar-refractivity contribution in [2.24, 2.45) is 0 Å². The second-order valence-corrected chi connectivity index (χ2v) is 2.20. The van der Waals surface area contributed by atoms with Crippen LogP contribution in [-0.4, -0.2) is 21.7 Å². The van der Waals surface area contributed by atoms with Gasteiger partial charge in [-0.25, -0.2) is 4.39 Å². The van der Waals surface area contributed by atoms with Crippen LogP contribution in [0, 0.1) is 6.92 Å². The number of nitrogens with zero attached hydrogens (tertiary/aromatic N) is 2. The summed E-state index contributed by atoms with van der Waals surface area (Å²) >= 11 is 0. The molecule has 4 heteroatoms. The van der Waals surface area contributed by atoms with Gasteiger partial charge >= 0.3 is 0 Å². The normalized spacial score (nSPS) is 13.0. The van der Waals surface area contributed by atoms with Gasteiger partial charge in [-0.05, 0) is 6.92 Å². The fourth-order valence-electron chi connectivity index (χ4n) is 0.819. The van der Waals surface area contributed by atoms with Crippen LogP contribution in [-0.2, 0) is 0 Å². The van der Waals surface area contributed by atoms with Crippen molar-refractivity contribution in [3.05, 3.63) is 23.8 Å². The largest absolute Gasteiger partial charge is 0.384 e. The number of aryl methyl sites for hydroxylation is 1. The third kappa shape index (κ3) is 1.71. The van der Waals surface area contributed by atoms with Gasteiger partial charge in [-0.3, -0.25) is 9.97 Å². The Kier molecular flexibility index (Phi) is 2.48. The molecule has 0 spiro atoms. The molecule has 1 unspecified atom stereocenters. The van der Waals surface area contributed by atoms with Crippen LogP contribution >= 0.6 is 0 Å². The first-order valence-corrected chi connectivity index (χ1v) is 3.27. The average Bonchev–Trinajstić information content (AvgIpc) is 2.04. The Morgan fingerprint density at radius 2 is 2.18 bits per heavy atom. The molecule has 11 heavy (non-hydrogen) atoms. The van der Waals surface area contributed by atoms with Crippen LogP contribution in [0.15, 0.2) is 12.4 Å². The lowest BCUT2D eigenvalue weighted by molar-refractivity contribution is 0.136. The molecule has 1 rings (SSSR count). The molecule has 0 radical (unpaired) electrons. The van der Waals surface area contributed by atoms with E-state index in [9.17, 15) is 4.39 Å². The molecule has 0 aliphatic carbocycles. The van der Waals surface area contributed by atoms with Crippen molar-refractivity contribution in [3.8, 4) is 0 Å². The summed E-state index contributed by atoms with van der Waals surface area (Å²) in [5.74, 6) is 0. The maximum absolute atomic E-state index is 11.9. The highest BCUT2D eigenvalue weighted by atomic mass is 19.1. The molecule has 1 aromatic heterocycles. The van der Waals surface area contributed by atoms with E-state index in [1.54, 1.807) is 6.92 Å².